The van der Waals surface area contributed by atoms with Crippen molar-refractivity contribution >= 4 is 34.1 Å². The number of nitrogens with zero attached hydrogens (tertiary/aromatic N) is 5. The second-order valence-corrected chi connectivity index (χ2v) is 9.31. The van der Waals surface area contributed by atoms with E-state index in [4.69, 9.17) is 4.74 Å². The maximum atomic E-state index is 12.2. The zero-order valence-corrected chi connectivity index (χ0v) is 19.7. The molecule has 0 spiro atoms. The van der Waals surface area contributed by atoms with Crippen molar-refractivity contribution in [2.45, 2.75) is 51.4 Å². The van der Waals surface area contributed by atoms with Gasteiger partial charge in [-0.3, -0.25) is 14.7 Å². The largest absolute Gasteiger partial charge is 0.483 e. The summed E-state index contributed by atoms with van der Waals surface area (Å²) in [6, 6.07) is 8.07. The van der Waals surface area contributed by atoms with Crippen LogP contribution in [-0.2, 0) is 11.3 Å². The van der Waals surface area contributed by atoms with Crippen molar-refractivity contribution in [3.63, 3.8) is 0 Å². The fourth-order valence-corrected chi connectivity index (χ4v) is 4.19. The lowest BCUT2D eigenvalue weighted by Gasteiger charge is -2.16. The van der Waals surface area contributed by atoms with E-state index in [9.17, 15) is 4.79 Å². The Labute approximate surface area is 190 Å². The Morgan fingerprint density at radius 1 is 1.23 bits per heavy atom. The molecule has 0 radical (unpaired) electrons. The molecule has 0 aliphatic carbocycles. The van der Waals surface area contributed by atoms with Gasteiger partial charge in [0.15, 0.2) is 17.1 Å². The first-order valence-electron chi connectivity index (χ1n) is 9.90. The Kier molecular flexibility index (Phi) is 7.80. The van der Waals surface area contributed by atoms with E-state index >= 15 is 0 Å². The predicted molar refractivity (Wildman–Crippen MR) is 124 cm³/mol. The molecule has 1 aromatic carbocycles. The number of nitrogens with one attached hydrogen (secondary N) is 1. The molecular formula is C21H26N6O2S2. The number of thioether (sulfide) groups is 1. The van der Waals surface area contributed by atoms with E-state index in [-0.39, 0.29) is 17.8 Å². The van der Waals surface area contributed by atoms with Crippen LogP contribution in [0.15, 0.2) is 42.1 Å². The Morgan fingerprint density at radius 2 is 1.97 bits per heavy atom. The minimum Gasteiger partial charge on any atom is -0.483 e. The first kappa shape index (κ1) is 23.0. The number of benzene rings is 1. The maximum absolute atomic E-state index is 12.2. The van der Waals surface area contributed by atoms with Crippen LogP contribution in [0.3, 0.4) is 0 Å². The molecule has 2 aromatic heterocycles. The lowest BCUT2D eigenvalue weighted by Crippen LogP contribution is -2.15. The van der Waals surface area contributed by atoms with Crippen LogP contribution in [0.25, 0.3) is 0 Å². The minimum atomic E-state index is -0.315. The van der Waals surface area contributed by atoms with Crippen molar-refractivity contribution in [3.8, 4) is 5.75 Å². The molecule has 0 aliphatic heterocycles. The summed E-state index contributed by atoms with van der Waals surface area (Å²) in [6.07, 6.45) is 1.45. The SMILES string of the molecule is C=CCn1c(SCC(=O)Nc2nnc(C)s2)nnc1C(C)Oc1ccc(C(C)C)cc1. The molecular weight excluding hydrogens is 432 g/mol. The third kappa shape index (κ3) is 6.14. The molecule has 164 valence electrons. The van der Waals surface area contributed by atoms with Crippen LogP contribution in [0.2, 0.25) is 0 Å². The summed E-state index contributed by atoms with van der Waals surface area (Å²) in [5, 5.41) is 21.0. The molecule has 0 aliphatic rings. The van der Waals surface area contributed by atoms with Crippen molar-refractivity contribution < 1.29 is 9.53 Å². The number of hydrogen-bond acceptors (Lipinski definition) is 8. The third-order valence-electron chi connectivity index (χ3n) is 4.39. The first-order valence-corrected chi connectivity index (χ1v) is 11.7. The van der Waals surface area contributed by atoms with Crippen LogP contribution >= 0.6 is 23.1 Å². The standard InChI is InChI=1S/C21H26N6O2S2/c1-6-11-27-19(14(4)29-17-9-7-16(8-10-17)13(2)3)24-26-21(27)30-12-18(28)22-20-25-23-15(5)31-20/h6-10,13-14H,1,11-12H2,2-5H3,(H,22,25,28). The van der Waals surface area contributed by atoms with Gasteiger partial charge in [-0.1, -0.05) is 55.2 Å². The van der Waals surface area contributed by atoms with E-state index in [1.165, 1.54) is 28.7 Å². The zero-order valence-electron chi connectivity index (χ0n) is 18.0. The summed E-state index contributed by atoms with van der Waals surface area (Å²) in [5.74, 6) is 1.92. The molecule has 2 heterocycles. The normalized spacial score (nSPS) is 12.0. The summed E-state index contributed by atoms with van der Waals surface area (Å²) in [7, 11) is 0. The number of aromatic nitrogens is 5. The van der Waals surface area contributed by atoms with Crippen molar-refractivity contribution in [1.82, 2.24) is 25.0 Å². The lowest BCUT2D eigenvalue weighted by molar-refractivity contribution is -0.113. The maximum Gasteiger partial charge on any atom is 0.236 e. The quantitative estimate of drug-likeness (QED) is 0.350. The van der Waals surface area contributed by atoms with Crippen molar-refractivity contribution in [3.05, 3.63) is 53.3 Å². The number of hydrogen-bond donors (Lipinski definition) is 1. The highest BCUT2D eigenvalue weighted by molar-refractivity contribution is 7.99. The topological polar surface area (TPSA) is 94.8 Å². The molecule has 1 N–H and O–H groups in total. The fourth-order valence-electron chi connectivity index (χ4n) is 2.83. The number of allylic oxidation sites excluding steroid dienone is 1. The highest BCUT2D eigenvalue weighted by atomic mass is 32.2. The average molecular weight is 459 g/mol. The molecule has 0 bridgehead atoms. The van der Waals surface area contributed by atoms with E-state index in [0.717, 1.165) is 10.8 Å². The number of ether oxygens (including phenoxy) is 1. The van der Waals surface area contributed by atoms with Gasteiger partial charge >= 0.3 is 0 Å². The lowest BCUT2D eigenvalue weighted by atomic mass is 10.0. The van der Waals surface area contributed by atoms with Crippen molar-refractivity contribution in [2.24, 2.45) is 0 Å². The highest BCUT2D eigenvalue weighted by Crippen LogP contribution is 2.26. The summed E-state index contributed by atoms with van der Waals surface area (Å²) in [6.45, 7) is 12.4. The smallest absolute Gasteiger partial charge is 0.236 e. The van der Waals surface area contributed by atoms with Gasteiger partial charge in [-0.2, -0.15) is 0 Å². The number of carbonyl (C=O) groups excluding carboxylic acids is 1. The summed E-state index contributed by atoms with van der Waals surface area (Å²) in [5.41, 5.74) is 1.26. The molecule has 0 saturated carbocycles. The average Bonchev–Trinajstić information content (AvgIpc) is 3.33. The van der Waals surface area contributed by atoms with Crippen LogP contribution in [0.1, 0.15) is 49.2 Å². The number of carbonyl (C=O) groups is 1. The molecule has 0 fully saturated rings. The van der Waals surface area contributed by atoms with Crippen LogP contribution < -0.4 is 10.1 Å². The Morgan fingerprint density at radius 3 is 2.58 bits per heavy atom. The molecule has 10 heteroatoms. The van der Waals surface area contributed by atoms with Crippen molar-refractivity contribution in [2.75, 3.05) is 11.1 Å². The van der Waals surface area contributed by atoms with E-state index in [1.54, 1.807) is 6.08 Å². The Balaban J connectivity index is 1.65. The van der Waals surface area contributed by atoms with Gasteiger partial charge in [-0.25, -0.2) is 0 Å². The van der Waals surface area contributed by atoms with E-state index in [2.05, 4.69) is 58.3 Å². The number of rotatable bonds is 10. The van der Waals surface area contributed by atoms with Gasteiger partial charge in [-0.15, -0.1) is 27.0 Å². The number of anilines is 1. The molecule has 3 aromatic rings. The molecule has 3 rings (SSSR count). The summed E-state index contributed by atoms with van der Waals surface area (Å²) in [4.78, 5) is 12.2. The summed E-state index contributed by atoms with van der Waals surface area (Å²) >= 11 is 2.64. The van der Waals surface area contributed by atoms with Gasteiger partial charge in [0.05, 0.1) is 5.75 Å². The van der Waals surface area contributed by atoms with Gasteiger partial charge < -0.3 is 4.74 Å². The predicted octanol–water partition coefficient (Wildman–Crippen LogP) is 4.62. The molecule has 1 amide bonds. The first-order chi connectivity index (χ1) is 14.9. The van der Waals surface area contributed by atoms with Crippen LogP contribution in [-0.4, -0.2) is 36.6 Å². The van der Waals surface area contributed by atoms with E-state index < -0.39 is 0 Å². The van der Waals surface area contributed by atoms with E-state index in [0.29, 0.717) is 28.6 Å². The van der Waals surface area contributed by atoms with Gasteiger partial charge in [0, 0.05) is 6.54 Å². The van der Waals surface area contributed by atoms with Gasteiger partial charge in [-0.05, 0) is 37.5 Å². The number of aryl methyl sites for hydroxylation is 1. The molecule has 8 nitrogen and oxygen atoms in total. The van der Waals surface area contributed by atoms with Gasteiger partial charge in [0.2, 0.25) is 11.0 Å². The highest BCUT2D eigenvalue weighted by Gasteiger charge is 2.20. The molecule has 1 atom stereocenters. The fraction of sp³-hybridized carbons (Fsp3) is 0.381. The monoisotopic (exact) mass is 458 g/mol. The molecule has 0 saturated heterocycles. The Hall–Kier alpha value is -2.72. The third-order valence-corrected chi connectivity index (χ3v) is 6.11. The summed E-state index contributed by atoms with van der Waals surface area (Å²) < 4.78 is 7.99. The van der Waals surface area contributed by atoms with Crippen LogP contribution in [0.5, 0.6) is 5.75 Å². The van der Waals surface area contributed by atoms with Crippen LogP contribution in [0, 0.1) is 6.92 Å². The molecule has 1 unspecified atom stereocenters. The molecule has 31 heavy (non-hydrogen) atoms. The van der Waals surface area contributed by atoms with Crippen LogP contribution in [0.4, 0.5) is 5.13 Å². The van der Waals surface area contributed by atoms with E-state index in [1.807, 2.05) is 30.5 Å². The van der Waals surface area contributed by atoms with Gasteiger partial charge in [0.25, 0.3) is 0 Å². The number of amides is 1. The zero-order chi connectivity index (χ0) is 22.4. The Bertz CT molecular complexity index is 1030. The van der Waals surface area contributed by atoms with Gasteiger partial charge in [0.1, 0.15) is 10.8 Å². The second-order valence-electron chi connectivity index (χ2n) is 7.19. The van der Waals surface area contributed by atoms with Crippen molar-refractivity contribution in [1.29, 1.82) is 0 Å². The second kappa shape index (κ2) is 10.5. The minimum absolute atomic E-state index is 0.176.